The Morgan fingerprint density at radius 2 is 1.80 bits per heavy atom. The van der Waals surface area contributed by atoms with Crippen molar-refractivity contribution in [1.82, 2.24) is 5.32 Å². The molecule has 20 heavy (non-hydrogen) atoms. The number of amides is 1. The van der Waals surface area contributed by atoms with Gasteiger partial charge in [0, 0.05) is 11.3 Å². The molecule has 2 unspecified atom stereocenters. The highest BCUT2D eigenvalue weighted by Gasteiger charge is 2.36. The molecule has 0 aromatic rings. The average Bonchev–Trinajstić information content (AvgIpc) is 2.47. The van der Waals surface area contributed by atoms with Crippen molar-refractivity contribution >= 4 is 23.6 Å². The number of carboxylic acid groups (broad SMARTS) is 1. The molecular formula is C15H23NO3S. The van der Waals surface area contributed by atoms with Crippen molar-refractivity contribution < 1.29 is 14.7 Å². The van der Waals surface area contributed by atoms with Crippen LogP contribution in [-0.4, -0.2) is 34.5 Å². The number of hydrogen-bond acceptors (Lipinski definition) is 3. The lowest BCUT2D eigenvalue weighted by Crippen LogP contribution is -2.48. The molecule has 2 N–H and O–H groups in total. The number of rotatable bonds is 4. The average molecular weight is 297 g/mol. The van der Waals surface area contributed by atoms with Gasteiger partial charge in [0.15, 0.2) is 0 Å². The fraction of sp³-hybridized carbons (Fsp3) is 0.733. The third kappa shape index (κ3) is 3.57. The van der Waals surface area contributed by atoms with E-state index in [0.29, 0.717) is 18.1 Å². The Morgan fingerprint density at radius 1 is 1.15 bits per heavy atom. The van der Waals surface area contributed by atoms with Gasteiger partial charge in [-0.1, -0.05) is 25.0 Å². The monoisotopic (exact) mass is 297 g/mol. The van der Waals surface area contributed by atoms with Crippen LogP contribution >= 0.6 is 11.8 Å². The summed E-state index contributed by atoms with van der Waals surface area (Å²) in [4.78, 5) is 23.7. The van der Waals surface area contributed by atoms with Crippen LogP contribution in [-0.2, 0) is 9.59 Å². The molecule has 1 amide bonds. The summed E-state index contributed by atoms with van der Waals surface area (Å²) in [5.41, 5.74) is 0. The topological polar surface area (TPSA) is 66.4 Å². The molecule has 2 aliphatic rings. The first-order valence-corrected chi connectivity index (χ1v) is 8.63. The predicted molar refractivity (Wildman–Crippen MR) is 80.7 cm³/mol. The molecule has 5 heteroatoms. The zero-order chi connectivity index (χ0) is 14.5. The van der Waals surface area contributed by atoms with E-state index in [0.717, 1.165) is 19.3 Å². The third-order valence-electron chi connectivity index (χ3n) is 4.42. The van der Waals surface area contributed by atoms with Gasteiger partial charge in [0.2, 0.25) is 5.91 Å². The molecule has 0 heterocycles. The molecule has 0 radical (unpaired) electrons. The molecule has 0 spiro atoms. The molecule has 2 aliphatic carbocycles. The van der Waals surface area contributed by atoms with Crippen LogP contribution in [0.15, 0.2) is 12.2 Å². The van der Waals surface area contributed by atoms with E-state index in [-0.39, 0.29) is 11.9 Å². The Morgan fingerprint density at radius 3 is 2.45 bits per heavy atom. The van der Waals surface area contributed by atoms with E-state index in [1.54, 1.807) is 11.8 Å². The number of carbonyl (C=O) groups is 2. The van der Waals surface area contributed by atoms with E-state index in [1.165, 1.54) is 6.42 Å². The van der Waals surface area contributed by atoms with Gasteiger partial charge in [0.05, 0.1) is 11.8 Å². The predicted octanol–water partition coefficient (Wildman–Crippen LogP) is 2.44. The van der Waals surface area contributed by atoms with E-state index in [1.807, 2.05) is 12.2 Å². The van der Waals surface area contributed by atoms with Gasteiger partial charge in [-0.25, -0.2) is 0 Å². The van der Waals surface area contributed by atoms with Crippen molar-refractivity contribution in [2.45, 2.75) is 49.8 Å². The van der Waals surface area contributed by atoms with E-state index >= 15 is 0 Å². The van der Waals surface area contributed by atoms with Crippen LogP contribution in [0.25, 0.3) is 0 Å². The van der Waals surface area contributed by atoms with E-state index in [2.05, 4.69) is 11.6 Å². The summed E-state index contributed by atoms with van der Waals surface area (Å²) >= 11 is 1.80. The second kappa shape index (κ2) is 7.16. The van der Waals surface area contributed by atoms with Crippen LogP contribution in [0.1, 0.15) is 38.5 Å². The number of nitrogens with one attached hydrogen (secondary N) is 1. The number of thioether (sulfide) groups is 1. The largest absolute Gasteiger partial charge is 0.481 e. The summed E-state index contributed by atoms with van der Waals surface area (Å²) in [5.74, 6) is -1.93. The summed E-state index contributed by atoms with van der Waals surface area (Å²) in [6.07, 6.45) is 11.4. The minimum Gasteiger partial charge on any atom is -0.481 e. The zero-order valence-electron chi connectivity index (χ0n) is 11.9. The summed E-state index contributed by atoms with van der Waals surface area (Å²) in [5, 5.41) is 12.8. The fourth-order valence-corrected chi connectivity index (χ4v) is 4.15. The maximum absolute atomic E-state index is 12.4. The lowest BCUT2D eigenvalue weighted by atomic mass is 9.82. The number of hydrogen-bond donors (Lipinski definition) is 2. The highest BCUT2D eigenvalue weighted by Crippen LogP contribution is 2.30. The Balaban J connectivity index is 1.99. The molecule has 112 valence electrons. The minimum atomic E-state index is -0.862. The van der Waals surface area contributed by atoms with E-state index in [4.69, 9.17) is 0 Å². The maximum atomic E-state index is 12.4. The zero-order valence-corrected chi connectivity index (χ0v) is 12.7. The van der Waals surface area contributed by atoms with E-state index in [9.17, 15) is 14.7 Å². The van der Waals surface area contributed by atoms with Gasteiger partial charge in [-0.05, 0) is 31.9 Å². The molecule has 1 saturated carbocycles. The van der Waals surface area contributed by atoms with Crippen LogP contribution in [0, 0.1) is 11.8 Å². The second-order valence-corrected chi connectivity index (χ2v) is 6.74. The van der Waals surface area contributed by atoms with Crippen molar-refractivity contribution in [2.75, 3.05) is 6.26 Å². The van der Waals surface area contributed by atoms with Crippen LogP contribution in [0.5, 0.6) is 0 Å². The Labute approximate surface area is 124 Å². The molecule has 0 aliphatic heterocycles. The molecule has 0 aromatic heterocycles. The maximum Gasteiger partial charge on any atom is 0.307 e. The smallest absolute Gasteiger partial charge is 0.307 e. The highest BCUT2D eigenvalue weighted by molar-refractivity contribution is 7.99. The lowest BCUT2D eigenvalue weighted by Gasteiger charge is -2.33. The quantitative estimate of drug-likeness (QED) is 0.782. The van der Waals surface area contributed by atoms with Gasteiger partial charge in [-0.15, -0.1) is 0 Å². The first kappa shape index (κ1) is 15.4. The number of carboxylic acids is 1. The molecule has 1 fully saturated rings. The van der Waals surface area contributed by atoms with E-state index < -0.39 is 17.8 Å². The number of aliphatic carboxylic acids is 1. The second-order valence-electron chi connectivity index (χ2n) is 5.67. The van der Waals surface area contributed by atoms with Gasteiger partial charge >= 0.3 is 5.97 Å². The van der Waals surface area contributed by atoms with Crippen LogP contribution in [0.3, 0.4) is 0 Å². The SMILES string of the molecule is CSC1CCCCC1NC(=O)[C@@H]1CC=CC[C@@H]1C(=O)O. The summed E-state index contributed by atoms with van der Waals surface area (Å²) < 4.78 is 0. The van der Waals surface area contributed by atoms with Crippen molar-refractivity contribution in [1.29, 1.82) is 0 Å². The molecule has 0 bridgehead atoms. The molecule has 0 saturated heterocycles. The number of allylic oxidation sites excluding steroid dienone is 2. The Hall–Kier alpha value is -0.970. The summed E-state index contributed by atoms with van der Waals surface area (Å²) in [7, 11) is 0. The van der Waals surface area contributed by atoms with Gasteiger partial charge in [0.1, 0.15) is 0 Å². The van der Waals surface area contributed by atoms with Crippen LogP contribution in [0.2, 0.25) is 0 Å². The third-order valence-corrected chi connectivity index (χ3v) is 5.59. The van der Waals surface area contributed by atoms with Gasteiger partial charge in [-0.3, -0.25) is 9.59 Å². The normalized spacial score (nSPS) is 33.6. The minimum absolute atomic E-state index is 0.0762. The molecule has 2 rings (SSSR count). The molecule has 4 nitrogen and oxygen atoms in total. The first-order chi connectivity index (χ1) is 9.63. The molecular weight excluding hydrogens is 274 g/mol. The Kier molecular flexibility index (Phi) is 5.52. The first-order valence-electron chi connectivity index (χ1n) is 7.34. The standard InChI is InChI=1S/C15H23NO3S/c1-20-13-9-5-4-8-12(13)16-14(17)10-6-2-3-7-11(10)15(18)19/h2-3,10-13H,4-9H2,1H3,(H,16,17)(H,18,19)/t10-,11+,12?,13?/m1/s1. The van der Waals surface area contributed by atoms with Gasteiger partial charge in [-0.2, -0.15) is 11.8 Å². The fourth-order valence-electron chi connectivity index (χ4n) is 3.21. The van der Waals surface area contributed by atoms with Gasteiger partial charge in [0.25, 0.3) is 0 Å². The van der Waals surface area contributed by atoms with Crippen molar-refractivity contribution in [3.05, 3.63) is 12.2 Å². The number of carbonyl (C=O) groups excluding carboxylic acids is 1. The van der Waals surface area contributed by atoms with Crippen LogP contribution < -0.4 is 5.32 Å². The lowest BCUT2D eigenvalue weighted by molar-refractivity contribution is -0.147. The van der Waals surface area contributed by atoms with Crippen LogP contribution in [0.4, 0.5) is 0 Å². The van der Waals surface area contributed by atoms with Crippen molar-refractivity contribution in [3.63, 3.8) is 0 Å². The summed E-state index contributed by atoms with van der Waals surface area (Å²) in [6.45, 7) is 0. The van der Waals surface area contributed by atoms with Gasteiger partial charge < -0.3 is 10.4 Å². The van der Waals surface area contributed by atoms with Crippen molar-refractivity contribution in [2.24, 2.45) is 11.8 Å². The molecule has 0 aromatic carbocycles. The molecule has 4 atom stereocenters. The summed E-state index contributed by atoms with van der Waals surface area (Å²) in [6, 6.07) is 0.201. The highest BCUT2D eigenvalue weighted by atomic mass is 32.2. The van der Waals surface area contributed by atoms with Crippen molar-refractivity contribution in [3.8, 4) is 0 Å². The Bertz CT molecular complexity index is 397.